The van der Waals surface area contributed by atoms with E-state index in [1.165, 1.54) is 10.7 Å². The standard InChI is InChI=1S/C22H21N5O4S/c1-30-14-5-7-19(31-2)15(12-14)17-13-18(25-24-17)22(29)23-9-10-27-21(28)8-6-16(26-27)20-4-3-11-32-20/h3-8,11-13H,9-10H2,1-2H3,(H,23,29)(H,24,25). The molecular weight excluding hydrogens is 430 g/mol. The number of hydrogen-bond acceptors (Lipinski definition) is 7. The van der Waals surface area contributed by atoms with Crippen LogP contribution in [-0.4, -0.2) is 46.6 Å². The summed E-state index contributed by atoms with van der Waals surface area (Å²) in [7, 11) is 3.14. The fraction of sp³-hybridized carbons (Fsp3) is 0.182. The van der Waals surface area contributed by atoms with Gasteiger partial charge in [0.15, 0.2) is 0 Å². The molecule has 0 fully saturated rings. The highest BCUT2D eigenvalue weighted by Gasteiger charge is 2.15. The molecule has 0 atom stereocenters. The van der Waals surface area contributed by atoms with Gasteiger partial charge in [-0.25, -0.2) is 4.68 Å². The van der Waals surface area contributed by atoms with E-state index in [0.717, 1.165) is 10.6 Å². The fourth-order valence-corrected chi connectivity index (χ4v) is 3.82. The van der Waals surface area contributed by atoms with Crippen molar-refractivity contribution in [2.24, 2.45) is 0 Å². The Morgan fingerprint density at radius 3 is 2.75 bits per heavy atom. The zero-order chi connectivity index (χ0) is 22.5. The number of ether oxygens (including phenoxy) is 2. The van der Waals surface area contributed by atoms with Gasteiger partial charge in [-0.05, 0) is 41.8 Å². The Bertz CT molecular complexity index is 1280. The Morgan fingerprint density at radius 2 is 2.00 bits per heavy atom. The van der Waals surface area contributed by atoms with E-state index in [2.05, 4.69) is 20.6 Å². The number of thiophene rings is 1. The number of carbonyl (C=O) groups excluding carboxylic acids is 1. The number of aromatic nitrogens is 4. The van der Waals surface area contributed by atoms with Crippen LogP contribution in [0.1, 0.15) is 10.5 Å². The zero-order valence-electron chi connectivity index (χ0n) is 17.5. The summed E-state index contributed by atoms with van der Waals surface area (Å²) in [5.41, 5.74) is 2.03. The van der Waals surface area contributed by atoms with Crippen LogP contribution in [0.15, 0.2) is 58.7 Å². The van der Waals surface area contributed by atoms with E-state index in [1.54, 1.807) is 55.9 Å². The highest BCUT2D eigenvalue weighted by molar-refractivity contribution is 7.13. The lowest BCUT2D eigenvalue weighted by atomic mass is 10.1. The molecule has 0 saturated heterocycles. The number of methoxy groups -OCH3 is 2. The number of nitrogens with one attached hydrogen (secondary N) is 2. The predicted octanol–water partition coefficient (Wildman–Crippen LogP) is 2.81. The molecule has 0 aliphatic carbocycles. The van der Waals surface area contributed by atoms with E-state index in [4.69, 9.17) is 9.47 Å². The van der Waals surface area contributed by atoms with Crippen LogP contribution in [0.4, 0.5) is 0 Å². The van der Waals surface area contributed by atoms with Gasteiger partial charge in [0.1, 0.15) is 22.9 Å². The third-order valence-corrected chi connectivity index (χ3v) is 5.65. The first-order chi connectivity index (χ1) is 15.6. The van der Waals surface area contributed by atoms with E-state index in [-0.39, 0.29) is 30.2 Å². The molecule has 164 valence electrons. The first-order valence-electron chi connectivity index (χ1n) is 9.77. The van der Waals surface area contributed by atoms with Crippen LogP contribution in [0.2, 0.25) is 0 Å². The van der Waals surface area contributed by atoms with Crippen molar-refractivity contribution >= 4 is 17.2 Å². The number of benzene rings is 1. The second kappa shape index (κ2) is 9.48. The van der Waals surface area contributed by atoms with Crippen molar-refractivity contribution in [2.45, 2.75) is 6.54 Å². The summed E-state index contributed by atoms with van der Waals surface area (Å²) >= 11 is 1.55. The van der Waals surface area contributed by atoms with Crippen molar-refractivity contribution in [2.75, 3.05) is 20.8 Å². The van der Waals surface area contributed by atoms with Gasteiger partial charge in [-0.3, -0.25) is 14.7 Å². The Hall–Kier alpha value is -3.92. The van der Waals surface area contributed by atoms with Crippen molar-refractivity contribution in [1.29, 1.82) is 0 Å². The van der Waals surface area contributed by atoms with Crippen LogP contribution >= 0.6 is 11.3 Å². The van der Waals surface area contributed by atoms with Crippen molar-refractivity contribution < 1.29 is 14.3 Å². The monoisotopic (exact) mass is 451 g/mol. The van der Waals surface area contributed by atoms with Gasteiger partial charge in [0.2, 0.25) is 0 Å². The minimum atomic E-state index is -0.340. The average Bonchev–Trinajstić information content (AvgIpc) is 3.52. The summed E-state index contributed by atoms with van der Waals surface area (Å²) in [5.74, 6) is 0.922. The van der Waals surface area contributed by atoms with Crippen molar-refractivity contribution in [3.05, 3.63) is 70.0 Å². The summed E-state index contributed by atoms with van der Waals surface area (Å²) in [6.07, 6.45) is 0. The van der Waals surface area contributed by atoms with Gasteiger partial charge < -0.3 is 14.8 Å². The van der Waals surface area contributed by atoms with Crippen LogP contribution in [0.5, 0.6) is 11.5 Å². The number of nitrogens with zero attached hydrogens (tertiary/aromatic N) is 3. The molecule has 0 aliphatic heterocycles. The molecule has 0 radical (unpaired) electrons. The SMILES string of the molecule is COc1ccc(OC)c(-c2cc(C(=O)NCCn3nc(-c4cccs4)ccc3=O)[nH]n2)c1. The van der Waals surface area contributed by atoms with E-state index < -0.39 is 0 Å². The van der Waals surface area contributed by atoms with Gasteiger partial charge in [-0.15, -0.1) is 11.3 Å². The smallest absolute Gasteiger partial charge is 0.269 e. The third kappa shape index (κ3) is 4.54. The van der Waals surface area contributed by atoms with Gasteiger partial charge in [-0.1, -0.05) is 6.07 Å². The number of hydrogen-bond donors (Lipinski definition) is 2. The summed E-state index contributed by atoms with van der Waals surface area (Å²) in [5, 5.41) is 16.1. The summed E-state index contributed by atoms with van der Waals surface area (Å²) in [6.45, 7) is 0.477. The Morgan fingerprint density at radius 1 is 1.12 bits per heavy atom. The maximum absolute atomic E-state index is 12.6. The largest absolute Gasteiger partial charge is 0.497 e. The third-order valence-electron chi connectivity index (χ3n) is 4.75. The number of rotatable bonds is 8. The van der Waals surface area contributed by atoms with Crippen molar-refractivity contribution in [3.8, 4) is 33.3 Å². The highest BCUT2D eigenvalue weighted by Crippen LogP contribution is 2.32. The second-order valence-corrected chi connectivity index (χ2v) is 7.69. The van der Waals surface area contributed by atoms with Gasteiger partial charge in [0, 0.05) is 18.2 Å². The van der Waals surface area contributed by atoms with Crippen LogP contribution in [-0.2, 0) is 6.54 Å². The summed E-state index contributed by atoms with van der Waals surface area (Å²) < 4.78 is 12.0. The fourth-order valence-electron chi connectivity index (χ4n) is 3.13. The minimum Gasteiger partial charge on any atom is -0.497 e. The van der Waals surface area contributed by atoms with Crippen molar-refractivity contribution in [1.82, 2.24) is 25.3 Å². The molecule has 1 amide bonds. The molecule has 9 nitrogen and oxygen atoms in total. The Labute approximate surface area is 187 Å². The quantitative estimate of drug-likeness (QED) is 0.426. The highest BCUT2D eigenvalue weighted by atomic mass is 32.1. The van der Waals surface area contributed by atoms with Crippen LogP contribution in [0.3, 0.4) is 0 Å². The number of aromatic amines is 1. The average molecular weight is 452 g/mol. The molecule has 0 saturated carbocycles. The lowest BCUT2D eigenvalue weighted by Gasteiger charge is -2.08. The second-order valence-electron chi connectivity index (χ2n) is 6.75. The molecule has 4 aromatic rings. The van der Waals surface area contributed by atoms with E-state index in [9.17, 15) is 9.59 Å². The Balaban J connectivity index is 1.43. The molecule has 3 heterocycles. The topological polar surface area (TPSA) is 111 Å². The number of H-pyrrole nitrogens is 1. The van der Waals surface area contributed by atoms with Gasteiger partial charge in [0.25, 0.3) is 11.5 Å². The molecule has 32 heavy (non-hydrogen) atoms. The van der Waals surface area contributed by atoms with E-state index in [0.29, 0.717) is 22.8 Å². The number of carbonyl (C=O) groups is 1. The maximum atomic E-state index is 12.6. The van der Waals surface area contributed by atoms with Crippen LogP contribution in [0.25, 0.3) is 21.8 Å². The molecule has 0 bridgehead atoms. The van der Waals surface area contributed by atoms with Gasteiger partial charge in [-0.2, -0.15) is 10.2 Å². The summed E-state index contributed by atoms with van der Waals surface area (Å²) in [6, 6.07) is 14.0. The maximum Gasteiger partial charge on any atom is 0.269 e. The van der Waals surface area contributed by atoms with Crippen LogP contribution < -0.4 is 20.3 Å². The van der Waals surface area contributed by atoms with Crippen LogP contribution in [0, 0.1) is 0 Å². The van der Waals surface area contributed by atoms with Gasteiger partial charge in [0.05, 0.1) is 31.3 Å². The van der Waals surface area contributed by atoms with E-state index in [1.807, 2.05) is 17.5 Å². The minimum absolute atomic E-state index is 0.228. The molecular formula is C22H21N5O4S. The normalized spacial score (nSPS) is 10.7. The Kier molecular flexibility index (Phi) is 6.31. The zero-order valence-corrected chi connectivity index (χ0v) is 18.3. The lowest BCUT2D eigenvalue weighted by Crippen LogP contribution is -2.32. The van der Waals surface area contributed by atoms with Crippen molar-refractivity contribution in [3.63, 3.8) is 0 Å². The first kappa shape index (κ1) is 21.3. The lowest BCUT2D eigenvalue weighted by molar-refractivity contribution is 0.0946. The molecule has 0 spiro atoms. The molecule has 3 aromatic heterocycles. The van der Waals surface area contributed by atoms with E-state index >= 15 is 0 Å². The predicted molar refractivity (Wildman–Crippen MR) is 121 cm³/mol. The molecule has 4 rings (SSSR count). The number of amides is 1. The molecule has 10 heteroatoms. The molecule has 0 aliphatic rings. The summed E-state index contributed by atoms with van der Waals surface area (Å²) in [4.78, 5) is 25.6. The molecule has 1 aromatic carbocycles. The first-order valence-corrected chi connectivity index (χ1v) is 10.6. The van der Waals surface area contributed by atoms with Gasteiger partial charge >= 0.3 is 0 Å². The molecule has 2 N–H and O–H groups in total. The molecule has 0 unspecified atom stereocenters.